The molecule has 6 heteroatoms. The van der Waals surface area contributed by atoms with Crippen LogP contribution in [0.3, 0.4) is 0 Å². The summed E-state index contributed by atoms with van der Waals surface area (Å²) in [5.41, 5.74) is 1.74. The summed E-state index contributed by atoms with van der Waals surface area (Å²) in [4.78, 5) is 12.1. The van der Waals surface area contributed by atoms with Crippen molar-refractivity contribution in [3.05, 3.63) is 70.8 Å². The second-order valence-electron chi connectivity index (χ2n) is 4.84. The van der Waals surface area contributed by atoms with Crippen molar-refractivity contribution in [1.82, 2.24) is 0 Å². The van der Waals surface area contributed by atoms with Gasteiger partial charge in [-0.15, -0.1) is 0 Å². The van der Waals surface area contributed by atoms with Gasteiger partial charge in [0, 0.05) is 16.3 Å². The number of allylic oxidation sites excluding steroid dienone is 1. The fourth-order valence-corrected chi connectivity index (χ4v) is 2.67. The lowest BCUT2D eigenvalue weighted by Crippen LogP contribution is -2.14. The van der Waals surface area contributed by atoms with Crippen LogP contribution in [0.5, 0.6) is 0 Å². The third kappa shape index (κ3) is 5.23. The summed E-state index contributed by atoms with van der Waals surface area (Å²) in [6.45, 7) is 1.56. The van der Waals surface area contributed by atoms with Crippen molar-refractivity contribution in [2.24, 2.45) is 0 Å². The second kappa shape index (κ2) is 7.44. The first-order valence-electron chi connectivity index (χ1n) is 6.98. The monoisotopic (exact) mass is 349 g/mol. The number of hydrogen-bond acceptors (Lipinski definition) is 3. The molecule has 2 aromatic carbocycles. The SMILES string of the molecule is CCS(=O)(=O)Nc1ccc(C(=O)C=Cc2cccc(Cl)c2)cc1. The van der Waals surface area contributed by atoms with Crippen LogP contribution in [-0.4, -0.2) is 20.0 Å². The number of nitrogens with one attached hydrogen (secondary N) is 1. The van der Waals surface area contributed by atoms with Gasteiger partial charge >= 0.3 is 0 Å². The third-order valence-corrected chi connectivity index (χ3v) is 4.64. The molecule has 0 amide bonds. The van der Waals surface area contributed by atoms with Crippen molar-refractivity contribution in [3.8, 4) is 0 Å². The van der Waals surface area contributed by atoms with E-state index in [2.05, 4.69) is 4.72 Å². The Morgan fingerprint density at radius 2 is 1.87 bits per heavy atom. The summed E-state index contributed by atoms with van der Waals surface area (Å²) in [7, 11) is -3.32. The molecule has 0 unspecified atom stereocenters. The zero-order valence-electron chi connectivity index (χ0n) is 12.5. The Morgan fingerprint density at radius 3 is 2.48 bits per heavy atom. The number of carbonyl (C=O) groups is 1. The van der Waals surface area contributed by atoms with E-state index in [0.29, 0.717) is 16.3 Å². The number of rotatable bonds is 6. The number of sulfonamides is 1. The van der Waals surface area contributed by atoms with Gasteiger partial charge in [0.2, 0.25) is 10.0 Å². The Bertz CT molecular complexity index is 827. The number of halogens is 1. The van der Waals surface area contributed by atoms with Gasteiger partial charge in [0.25, 0.3) is 0 Å². The molecule has 0 aromatic heterocycles. The molecule has 2 rings (SSSR count). The molecule has 23 heavy (non-hydrogen) atoms. The Hall–Kier alpha value is -2.11. The maximum absolute atomic E-state index is 12.1. The van der Waals surface area contributed by atoms with Gasteiger partial charge < -0.3 is 0 Å². The summed E-state index contributed by atoms with van der Waals surface area (Å²) in [6, 6.07) is 13.5. The Balaban J connectivity index is 2.08. The molecule has 0 radical (unpaired) electrons. The predicted molar refractivity (Wildman–Crippen MR) is 94.3 cm³/mol. The number of anilines is 1. The van der Waals surface area contributed by atoms with Gasteiger partial charge in [-0.05, 0) is 55.0 Å². The molecule has 0 atom stereocenters. The fraction of sp³-hybridized carbons (Fsp3) is 0.118. The van der Waals surface area contributed by atoms with E-state index >= 15 is 0 Å². The van der Waals surface area contributed by atoms with Gasteiger partial charge in [-0.25, -0.2) is 8.42 Å². The molecular weight excluding hydrogens is 334 g/mol. The maximum Gasteiger partial charge on any atom is 0.232 e. The second-order valence-corrected chi connectivity index (χ2v) is 7.28. The van der Waals surface area contributed by atoms with Gasteiger partial charge in [-0.3, -0.25) is 9.52 Å². The third-order valence-electron chi connectivity index (χ3n) is 3.10. The first kappa shape index (κ1) is 17.2. The molecule has 0 saturated heterocycles. The summed E-state index contributed by atoms with van der Waals surface area (Å²) >= 11 is 5.88. The smallest absolute Gasteiger partial charge is 0.232 e. The minimum absolute atomic E-state index is 0.00391. The van der Waals surface area contributed by atoms with E-state index in [9.17, 15) is 13.2 Å². The highest BCUT2D eigenvalue weighted by Gasteiger charge is 2.07. The molecular formula is C17H16ClNO3S. The van der Waals surface area contributed by atoms with Crippen molar-refractivity contribution in [2.45, 2.75) is 6.92 Å². The maximum atomic E-state index is 12.1. The molecule has 4 nitrogen and oxygen atoms in total. The van der Waals surface area contributed by atoms with Gasteiger partial charge in [-0.1, -0.05) is 29.8 Å². The summed E-state index contributed by atoms with van der Waals surface area (Å²) < 4.78 is 25.4. The molecule has 0 saturated carbocycles. The summed E-state index contributed by atoms with van der Waals surface area (Å²) in [6.07, 6.45) is 3.14. The lowest BCUT2D eigenvalue weighted by molar-refractivity contribution is 0.104. The summed E-state index contributed by atoms with van der Waals surface area (Å²) in [5.74, 6) is -0.175. The van der Waals surface area contributed by atoms with Crippen molar-refractivity contribution in [2.75, 3.05) is 10.5 Å². The zero-order chi connectivity index (χ0) is 16.9. The normalized spacial score (nSPS) is 11.6. The minimum atomic E-state index is -3.32. The van der Waals surface area contributed by atoms with E-state index in [-0.39, 0.29) is 11.5 Å². The van der Waals surface area contributed by atoms with E-state index in [4.69, 9.17) is 11.6 Å². The first-order valence-corrected chi connectivity index (χ1v) is 9.01. The van der Waals surface area contributed by atoms with Crippen molar-refractivity contribution in [3.63, 3.8) is 0 Å². The van der Waals surface area contributed by atoms with Crippen LogP contribution in [0.2, 0.25) is 5.02 Å². The Kier molecular flexibility index (Phi) is 5.58. The zero-order valence-corrected chi connectivity index (χ0v) is 14.1. The van der Waals surface area contributed by atoms with E-state index in [1.54, 1.807) is 55.5 Å². The van der Waals surface area contributed by atoms with Crippen LogP contribution in [0.1, 0.15) is 22.8 Å². The lowest BCUT2D eigenvalue weighted by Gasteiger charge is -2.06. The topological polar surface area (TPSA) is 63.2 Å². The number of benzene rings is 2. The highest BCUT2D eigenvalue weighted by Crippen LogP contribution is 2.14. The van der Waals surface area contributed by atoms with Crippen molar-refractivity contribution >= 4 is 39.2 Å². The van der Waals surface area contributed by atoms with Crippen molar-refractivity contribution in [1.29, 1.82) is 0 Å². The Morgan fingerprint density at radius 1 is 1.17 bits per heavy atom. The summed E-state index contributed by atoms with van der Waals surface area (Å²) in [5, 5.41) is 0.604. The molecule has 1 N–H and O–H groups in total. The number of hydrogen-bond donors (Lipinski definition) is 1. The van der Waals surface area contributed by atoms with Crippen LogP contribution in [0.4, 0.5) is 5.69 Å². The molecule has 2 aromatic rings. The molecule has 0 aliphatic rings. The lowest BCUT2D eigenvalue weighted by atomic mass is 10.1. The highest BCUT2D eigenvalue weighted by atomic mass is 35.5. The van der Waals surface area contributed by atoms with Crippen LogP contribution in [0, 0.1) is 0 Å². The number of carbonyl (C=O) groups excluding carboxylic acids is 1. The van der Waals surface area contributed by atoms with Gasteiger partial charge in [0.15, 0.2) is 5.78 Å². The van der Waals surface area contributed by atoms with Crippen LogP contribution in [0.15, 0.2) is 54.6 Å². The van der Waals surface area contributed by atoms with Gasteiger partial charge in [-0.2, -0.15) is 0 Å². The van der Waals surface area contributed by atoms with Gasteiger partial charge in [0.1, 0.15) is 0 Å². The van der Waals surface area contributed by atoms with Crippen LogP contribution in [0.25, 0.3) is 6.08 Å². The average molecular weight is 350 g/mol. The Labute approximate surface area is 140 Å². The standard InChI is InChI=1S/C17H16ClNO3S/c1-2-23(21,22)19-16-9-7-14(8-10-16)17(20)11-6-13-4-3-5-15(18)12-13/h3-12,19H,2H2,1H3. The van der Waals surface area contributed by atoms with Crippen molar-refractivity contribution < 1.29 is 13.2 Å². The molecule has 0 fully saturated rings. The fourth-order valence-electron chi connectivity index (χ4n) is 1.83. The highest BCUT2D eigenvalue weighted by molar-refractivity contribution is 7.92. The predicted octanol–water partition coefficient (Wildman–Crippen LogP) is 4.00. The van der Waals surface area contributed by atoms with E-state index in [1.807, 2.05) is 6.07 Å². The largest absolute Gasteiger partial charge is 0.289 e. The average Bonchev–Trinajstić information content (AvgIpc) is 2.53. The molecule has 0 heterocycles. The minimum Gasteiger partial charge on any atom is -0.289 e. The van der Waals surface area contributed by atoms with E-state index in [1.165, 1.54) is 6.08 Å². The van der Waals surface area contributed by atoms with Crippen LogP contribution >= 0.6 is 11.6 Å². The van der Waals surface area contributed by atoms with Gasteiger partial charge in [0.05, 0.1) is 5.75 Å². The molecule has 0 spiro atoms. The van der Waals surface area contributed by atoms with E-state index < -0.39 is 10.0 Å². The molecule has 0 aliphatic heterocycles. The van der Waals surface area contributed by atoms with E-state index in [0.717, 1.165) is 5.56 Å². The quantitative estimate of drug-likeness (QED) is 0.633. The molecule has 0 bridgehead atoms. The first-order chi connectivity index (χ1) is 10.9. The molecule has 0 aliphatic carbocycles. The number of ketones is 1. The van der Waals surface area contributed by atoms with Crippen LogP contribution < -0.4 is 4.72 Å². The van der Waals surface area contributed by atoms with Crippen LogP contribution in [-0.2, 0) is 10.0 Å². The molecule has 120 valence electrons.